The number of nitrogens with zero attached hydrogens (tertiary/aromatic N) is 1. The minimum absolute atomic E-state index is 0.149. The molecule has 1 aromatic rings. The Morgan fingerprint density at radius 3 is 2.47 bits per heavy atom. The maximum atomic E-state index is 13.5. The Morgan fingerprint density at radius 2 is 1.88 bits per heavy atom. The molecule has 0 saturated heterocycles. The summed E-state index contributed by atoms with van der Waals surface area (Å²) in [5, 5.41) is 3.42. The smallest absolute Gasteiger partial charge is 0.146 e. The lowest BCUT2D eigenvalue weighted by Gasteiger charge is -2.23. The van der Waals surface area contributed by atoms with E-state index in [4.69, 9.17) is 0 Å². The minimum Gasteiger partial charge on any atom is -0.372 e. The van der Waals surface area contributed by atoms with Gasteiger partial charge in [0.25, 0.3) is 0 Å². The van der Waals surface area contributed by atoms with E-state index >= 15 is 0 Å². The van der Waals surface area contributed by atoms with Crippen molar-refractivity contribution >= 4 is 5.69 Å². The lowest BCUT2D eigenvalue weighted by molar-refractivity contribution is 0.423. The van der Waals surface area contributed by atoms with Crippen molar-refractivity contribution in [2.45, 2.75) is 32.7 Å². The first kappa shape index (κ1) is 14.0. The Balaban J connectivity index is 2.36. The SMILES string of the molecule is CN(CCCNC(C)(C)C)c1ccccc1F. The van der Waals surface area contributed by atoms with Gasteiger partial charge in [-0.1, -0.05) is 12.1 Å². The predicted molar refractivity (Wildman–Crippen MR) is 72.0 cm³/mol. The summed E-state index contributed by atoms with van der Waals surface area (Å²) in [6, 6.07) is 6.89. The van der Waals surface area contributed by atoms with E-state index in [-0.39, 0.29) is 11.4 Å². The summed E-state index contributed by atoms with van der Waals surface area (Å²) in [6.07, 6.45) is 1.00. The van der Waals surface area contributed by atoms with Gasteiger partial charge in [0.1, 0.15) is 5.82 Å². The predicted octanol–water partition coefficient (Wildman–Crippen LogP) is 3.04. The van der Waals surface area contributed by atoms with Crippen molar-refractivity contribution in [2.75, 3.05) is 25.0 Å². The molecule has 0 radical (unpaired) electrons. The van der Waals surface area contributed by atoms with E-state index in [1.807, 2.05) is 24.1 Å². The summed E-state index contributed by atoms with van der Waals surface area (Å²) in [5.74, 6) is -0.154. The molecule has 0 aliphatic rings. The molecule has 1 aromatic carbocycles. The molecule has 0 heterocycles. The van der Waals surface area contributed by atoms with Crippen LogP contribution in [-0.2, 0) is 0 Å². The van der Waals surface area contributed by atoms with E-state index in [9.17, 15) is 4.39 Å². The Labute approximate surface area is 104 Å². The van der Waals surface area contributed by atoms with Crippen molar-refractivity contribution in [2.24, 2.45) is 0 Å². The molecule has 0 amide bonds. The van der Waals surface area contributed by atoms with E-state index in [0.29, 0.717) is 5.69 Å². The highest BCUT2D eigenvalue weighted by Crippen LogP contribution is 2.16. The van der Waals surface area contributed by atoms with Gasteiger partial charge in [-0.3, -0.25) is 0 Å². The van der Waals surface area contributed by atoms with Crippen LogP contribution in [-0.4, -0.2) is 25.7 Å². The number of anilines is 1. The molecule has 96 valence electrons. The first-order valence-electron chi connectivity index (χ1n) is 6.11. The molecule has 3 heteroatoms. The first-order chi connectivity index (χ1) is 7.90. The molecule has 1 rings (SSSR count). The Morgan fingerprint density at radius 1 is 1.24 bits per heavy atom. The number of hydrogen-bond donors (Lipinski definition) is 1. The third-order valence-corrected chi connectivity index (χ3v) is 2.59. The third kappa shape index (κ3) is 5.18. The summed E-state index contributed by atoms with van der Waals surface area (Å²) < 4.78 is 13.5. The second-order valence-electron chi connectivity index (χ2n) is 5.40. The van der Waals surface area contributed by atoms with Crippen molar-refractivity contribution in [3.05, 3.63) is 30.1 Å². The van der Waals surface area contributed by atoms with Crippen LogP contribution in [0.5, 0.6) is 0 Å². The molecule has 0 bridgehead atoms. The van der Waals surface area contributed by atoms with E-state index in [1.165, 1.54) is 6.07 Å². The molecule has 0 unspecified atom stereocenters. The van der Waals surface area contributed by atoms with Gasteiger partial charge in [0.15, 0.2) is 0 Å². The monoisotopic (exact) mass is 238 g/mol. The number of para-hydroxylation sites is 1. The van der Waals surface area contributed by atoms with Crippen molar-refractivity contribution < 1.29 is 4.39 Å². The van der Waals surface area contributed by atoms with Crippen LogP contribution in [0.25, 0.3) is 0 Å². The molecule has 0 aliphatic heterocycles. The van der Waals surface area contributed by atoms with E-state index < -0.39 is 0 Å². The van der Waals surface area contributed by atoms with Crippen molar-refractivity contribution in [3.63, 3.8) is 0 Å². The standard InChI is InChI=1S/C14H23FN2/c1-14(2,3)16-10-7-11-17(4)13-9-6-5-8-12(13)15/h5-6,8-9,16H,7,10-11H2,1-4H3. The fraction of sp³-hybridized carbons (Fsp3) is 0.571. The summed E-state index contributed by atoms with van der Waals surface area (Å²) in [4.78, 5) is 1.96. The van der Waals surface area contributed by atoms with Crippen LogP contribution < -0.4 is 10.2 Å². The molecule has 0 atom stereocenters. The second kappa shape index (κ2) is 6.01. The van der Waals surface area contributed by atoms with Gasteiger partial charge in [0, 0.05) is 19.1 Å². The van der Waals surface area contributed by atoms with Crippen LogP contribution in [0, 0.1) is 5.82 Å². The zero-order valence-corrected chi connectivity index (χ0v) is 11.3. The van der Waals surface area contributed by atoms with Gasteiger partial charge in [-0.25, -0.2) is 4.39 Å². The van der Waals surface area contributed by atoms with Crippen molar-refractivity contribution in [3.8, 4) is 0 Å². The van der Waals surface area contributed by atoms with Crippen molar-refractivity contribution in [1.29, 1.82) is 0 Å². The summed E-state index contributed by atoms with van der Waals surface area (Å²) in [6.45, 7) is 8.24. The van der Waals surface area contributed by atoms with Crippen molar-refractivity contribution in [1.82, 2.24) is 5.32 Å². The molecule has 1 N–H and O–H groups in total. The molecule has 0 aromatic heterocycles. The second-order valence-corrected chi connectivity index (χ2v) is 5.40. The van der Waals surface area contributed by atoms with Crippen LogP contribution in [0.15, 0.2) is 24.3 Å². The number of nitrogens with one attached hydrogen (secondary N) is 1. The number of hydrogen-bond acceptors (Lipinski definition) is 2. The Hall–Kier alpha value is -1.09. The zero-order chi connectivity index (χ0) is 12.9. The average molecular weight is 238 g/mol. The molecule has 17 heavy (non-hydrogen) atoms. The van der Waals surface area contributed by atoms with Crippen LogP contribution >= 0.6 is 0 Å². The van der Waals surface area contributed by atoms with Gasteiger partial charge in [0.05, 0.1) is 5.69 Å². The fourth-order valence-corrected chi connectivity index (χ4v) is 1.66. The lowest BCUT2D eigenvalue weighted by atomic mass is 10.1. The Bertz CT molecular complexity index is 344. The summed E-state index contributed by atoms with van der Waals surface area (Å²) in [7, 11) is 1.93. The van der Waals surface area contributed by atoms with Gasteiger partial charge in [-0.05, 0) is 45.9 Å². The van der Waals surface area contributed by atoms with Crippen LogP contribution in [0.1, 0.15) is 27.2 Å². The molecular weight excluding hydrogens is 215 g/mol. The van der Waals surface area contributed by atoms with E-state index in [2.05, 4.69) is 26.1 Å². The zero-order valence-electron chi connectivity index (χ0n) is 11.3. The number of benzene rings is 1. The van der Waals surface area contributed by atoms with Gasteiger partial charge in [-0.2, -0.15) is 0 Å². The van der Waals surface area contributed by atoms with Crippen LogP contribution in [0.3, 0.4) is 0 Å². The van der Waals surface area contributed by atoms with Gasteiger partial charge < -0.3 is 10.2 Å². The van der Waals surface area contributed by atoms with Crippen LogP contribution in [0.2, 0.25) is 0 Å². The van der Waals surface area contributed by atoms with Gasteiger partial charge in [-0.15, -0.1) is 0 Å². The van der Waals surface area contributed by atoms with E-state index in [1.54, 1.807) is 6.07 Å². The Kier molecular flexibility index (Phi) is 4.94. The highest BCUT2D eigenvalue weighted by Gasteiger charge is 2.09. The number of halogens is 1. The summed E-state index contributed by atoms with van der Waals surface area (Å²) in [5.41, 5.74) is 0.819. The van der Waals surface area contributed by atoms with Crippen LogP contribution in [0.4, 0.5) is 10.1 Å². The van der Waals surface area contributed by atoms with E-state index in [0.717, 1.165) is 19.5 Å². The molecule has 0 fully saturated rings. The van der Waals surface area contributed by atoms with Gasteiger partial charge >= 0.3 is 0 Å². The highest BCUT2D eigenvalue weighted by atomic mass is 19.1. The largest absolute Gasteiger partial charge is 0.372 e. The average Bonchev–Trinajstić information content (AvgIpc) is 2.23. The third-order valence-electron chi connectivity index (χ3n) is 2.59. The molecule has 0 spiro atoms. The fourth-order valence-electron chi connectivity index (χ4n) is 1.66. The molecule has 0 saturated carbocycles. The summed E-state index contributed by atoms with van der Waals surface area (Å²) >= 11 is 0. The normalized spacial score (nSPS) is 11.6. The topological polar surface area (TPSA) is 15.3 Å². The molecule has 0 aliphatic carbocycles. The van der Waals surface area contributed by atoms with Gasteiger partial charge in [0.2, 0.25) is 0 Å². The number of rotatable bonds is 5. The highest BCUT2D eigenvalue weighted by molar-refractivity contribution is 5.46. The maximum absolute atomic E-state index is 13.5. The molecular formula is C14H23FN2. The lowest BCUT2D eigenvalue weighted by Crippen LogP contribution is -2.37. The molecule has 2 nitrogen and oxygen atoms in total. The first-order valence-corrected chi connectivity index (χ1v) is 6.11. The minimum atomic E-state index is -0.154. The quantitative estimate of drug-likeness (QED) is 0.793. The maximum Gasteiger partial charge on any atom is 0.146 e.